The second kappa shape index (κ2) is 8.54. The quantitative estimate of drug-likeness (QED) is 0.902. The molecule has 2 N–H and O–H groups in total. The third kappa shape index (κ3) is 5.29. The summed E-state index contributed by atoms with van der Waals surface area (Å²) < 4.78 is 0. The van der Waals surface area contributed by atoms with Crippen molar-refractivity contribution in [2.24, 2.45) is 11.1 Å². The van der Waals surface area contributed by atoms with Gasteiger partial charge in [-0.15, -0.1) is 12.4 Å². The van der Waals surface area contributed by atoms with Crippen LogP contribution in [0.4, 0.5) is 0 Å². The molecule has 1 saturated heterocycles. The number of carbonyl (C=O) groups is 1. The second-order valence-electron chi connectivity index (χ2n) is 6.85. The van der Waals surface area contributed by atoms with Crippen molar-refractivity contribution < 1.29 is 4.79 Å². The summed E-state index contributed by atoms with van der Waals surface area (Å²) in [4.78, 5) is 14.7. The lowest BCUT2D eigenvalue weighted by Gasteiger charge is -2.36. The number of rotatable bonds is 5. The molecule has 3 nitrogen and oxygen atoms in total. The van der Waals surface area contributed by atoms with Crippen molar-refractivity contribution >= 4 is 18.3 Å². The van der Waals surface area contributed by atoms with Crippen LogP contribution in [0.25, 0.3) is 0 Å². The summed E-state index contributed by atoms with van der Waals surface area (Å²) in [6, 6.07) is 10.8. The number of benzene rings is 1. The minimum absolute atomic E-state index is 0. The molecule has 1 aliphatic heterocycles. The topological polar surface area (TPSA) is 46.3 Å². The molecule has 0 aromatic heterocycles. The summed E-state index contributed by atoms with van der Waals surface area (Å²) in [6.07, 6.45) is 4.90. The van der Waals surface area contributed by atoms with Crippen LogP contribution in [0.2, 0.25) is 0 Å². The summed E-state index contributed by atoms with van der Waals surface area (Å²) in [5, 5.41) is 0. The van der Waals surface area contributed by atoms with Gasteiger partial charge in [-0.1, -0.05) is 44.2 Å². The van der Waals surface area contributed by atoms with Gasteiger partial charge in [0.15, 0.2) is 0 Å². The Morgan fingerprint density at radius 1 is 1.23 bits per heavy atom. The fourth-order valence-electron chi connectivity index (χ4n) is 3.02. The average molecular weight is 325 g/mol. The molecule has 0 unspecified atom stereocenters. The molecule has 0 aliphatic carbocycles. The van der Waals surface area contributed by atoms with Gasteiger partial charge < -0.3 is 10.6 Å². The van der Waals surface area contributed by atoms with Crippen molar-refractivity contribution in [2.75, 3.05) is 13.1 Å². The fourth-order valence-corrected chi connectivity index (χ4v) is 3.02. The first-order valence-electron chi connectivity index (χ1n) is 8.08. The molecule has 0 saturated carbocycles. The molecule has 1 amide bonds. The molecule has 1 aliphatic rings. The monoisotopic (exact) mass is 324 g/mol. The molecular formula is C18H29ClN2O. The Morgan fingerprint density at radius 3 is 2.41 bits per heavy atom. The van der Waals surface area contributed by atoms with E-state index in [0.717, 1.165) is 45.2 Å². The molecule has 124 valence electrons. The molecule has 0 atom stereocenters. The number of amides is 1. The number of nitrogens with two attached hydrogens (primary N) is 1. The molecule has 22 heavy (non-hydrogen) atoms. The first-order chi connectivity index (χ1) is 9.99. The van der Waals surface area contributed by atoms with Gasteiger partial charge in [-0.2, -0.15) is 0 Å². The van der Waals surface area contributed by atoms with Crippen LogP contribution in [0.3, 0.4) is 0 Å². The van der Waals surface area contributed by atoms with E-state index in [0.29, 0.717) is 5.91 Å². The molecular weight excluding hydrogens is 296 g/mol. The standard InChI is InChI=1S/C18H28N2O.ClH/c1-18(2,12-6-9-15-7-4-3-5-8-15)17(21)20-13-10-16(19)11-14-20;/h3-5,7-8,16H,6,9-14,19H2,1-2H3;1H. The third-order valence-electron chi connectivity index (χ3n) is 4.52. The SMILES string of the molecule is CC(C)(CCCc1ccccc1)C(=O)N1CCC(N)CC1.Cl. The van der Waals surface area contributed by atoms with Crippen LogP contribution in [-0.4, -0.2) is 29.9 Å². The van der Waals surface area contributed by atoms with Gasteiger partial charge in [-0.05, 0) is 37.7 Å². The second-order valence-corrected chi connectivity index (χ2v) is 6.85. The number of carbonyl (C=O) groups excluding carboxylic acids is 1. The molecule has 1 aromatic rings. The molecule has 1 heterocycles. The maximum atomic E-state index is 12.7. The van der Waals surface area contributed by atoms with Gasteiger partial charge in [0.25, 0.3) is 0 Å². The van der Waals surface area contributed by atoms with Gasteiger partial charge in [0.2, 0.25) is 5.91 Å². The van der Waals surface area contributed by atoms with Gasteiger partial charge in [0, 0.05) is 24.5 Å². The molecule has 0 bridgehead atoms. The van der Waals surface area contributed by atoms with Crippen LogP contribution < -0.4 is 5.73 Å². The van der Waals surface area contributed by atoms with E-state index in [1.165, 1.54) is 5.56 Å². The van der Waals surface area contributed by atoms with Crippen molar-refractivity contribution in [2.45, 2.75) is 52.0 Å². The Balaban J connectivity index is 0.00000242. The van der Waals surface area contributed by atoms with Crippen molar-refractivity contribution in [3.05, 3.63) is 35.9 Å². The Labute approximate surface area is 140 Å². The molecule has 1 aromatic carbocycles. The van der Waals surface area contributed by atoms with Crippen LogP contribution in [0, 0.1) is 5.41 Å². The van der Waals surface area contributed by atoms with Crippen molar-refractivity contribution in [3.8, 4) is 0 Å². The lowest BCUT2D eigenvalue weighted by atomic mass is 9.84. The smallest absolute Gasteiger partial charge is 0.228 e. The average Bonchev–Trinajstić information content (AvgIpc) is 2.48. The third-order valence-corrected chi connectivity index (χ3v) is 4.52. The predicted molar refractivity (Wildman–Crippen MR) is 94.2 cm³/mol. The first-order valence-corrected chi connectivity index (χ1v) is 8.08. The summed E-state index contributed by atoms with van der Waals surface area (Å²) in [5.41, 5.74) is 7.00. The number of aryl methyl sites for hydroxylation is 1. The normalized spacial score (nSPS) is 16.2. The molecule has 0 spiro atoms. The van der Waals surface area contributed by atoms with Crippen molar-refractivity contribution in [3.63, 3.8) is 0 Å². The Morgan fingerprint density at radius 2 is 1.82 bits per heavy atom. The number of likely N-dealkylation sites (tertiary alicyclic amines) is 1. The summed E-state index contributed by atoms with van der Waals surface area (Å²) in [7, 11) is 0. The van der Waals surface area contributed by atoms with E-state index in [4.69, 9.17) is 5.73 Å². The molecule has 4 heteroatoms. The van der Waals surface area contributed by atoms with Crippen molar-refractivity contribution in [1.29, 1.82) is 0 Å². The van der Waals surface area contributed by atoms with Crippen LogP contribution in [-0.2, 0) is 11.2 Å². The number of hydrogen-bond donors (Lipinski definition) is 1. The zero-order valence-electron chi connectivity index (χ0n) is 13.8. The summed E-state index contributed by atoms with van der Waals surface area (Å²) in [5.74, 6) is 0.294. The largest absolute Gasteiger partial charge is 0.342 e. The highest BCUT2D eigenvalue weighted by atomic mass is 35.5. The zero-order valence-corrected chi connectivity index (χ0v) is 14.6. The van der Waals surface area contributed by atoms with E-state index >= 15 is 0 Å². The minimum Gasteiger partial charge on any atom is -0.342 e. The van der Waals surface area contributed by atoms with Crippen LogP contribution >= 0.6 is 12.4 Å². The van der Waals surface area contributed by atoms with Crippen molar-refractivity contribution in [1.82, 2.24) is 4.90 Å². The van der Waals surface area contributed by atoms with E-state index in [1.807, 2.05) is 11.0 Å². The van der Waals surface area contributed by atoms with E-state index in [1.54, 1.807) is 0 Å². The first kappa shape index (κ1) is 19.0. The Hall–Kier alpha value is -1.06. The Bertz CT molecular complexity index is 453. The zero-order chi connectivity index (χ0) is 15.3. The highest BCUT2D eigenvalue weighted by molar-refractivity contribution is 5.85. The van der Waals surface area contributed by atoms with Gasteiger partial charge in [-0.3, -0.25) is 4.79 Å². The maximum Gasteiger partial charge on any atom is 0.228 e. The number of nitrogens with zero attached hydrogens (tertiary/aromatic N) is 1. The van der Waals surface area contributed by atoms with E-state index in [-0.39, 0.29) is 23.9 Å². The molecule has 0 radical (unpaired) electrons. The highest BCUT2D eigenvalue weighted by Gasteiger charge is 2.32. The van der Waals surface area contributed by atoms with Crippen LogP contribution in [0.1, 0.15) is 45.1 Å². The van der Waals surface area contributed by atoms with E-state index in [2.05, 4.69) is 38.1 Å². The van der Waals surface area contributed by atoms with Gasteiger partial charge in [0.1, 0.15) is 0 Å². The predicted octanol–water partition coefficient (Wildman–Crippen LogP) is 3.41. The minimum atomic E-state index is -0.268. The Kier molecular flexibility index (Phi) is 7.37. The lowest BCUT2D eigenvalue weighted by molar-refractivity contribution is -0.141. The van der Waals surface area contributed by atoms with Crippen LogP contribution in [0.5, 0.6) is 0 Å². The highest BCUT2D eigenvalue weighted by Crippen LogP contribution is 2.27. The summed E-state index contributed by atoms with van der Waals surface area (Å²) in [6.45, 7) is 5.80. The maximum absolute atomic E-state index is 12.7. The fraction of sp³-hybridized carbons (Fsp3) is 0.611. The van der Waals surface area contributed by atoms with Crippen LogP contribution in [0.15, 0.2) is 30.3 Å². The van der Waals surface area contributed by atoms with E-state index < -0.39 is 0 Å². The summed E-state index contributed by atoms with van der Waals surface area (Å²) >= 11 is 0. The molecule has 2 rings (SSSR count). The number of hydrogen-bond acceptors (Lipinski definition) is 2. The lowest BCUT2D eigenvalue weighted by Crippen LogP contribution is -2.47. The van der Waals surface area contributed by atoms with Gasteiger partial charge >= 0.3 is 0 Å². The molecule has 1 fully saturated rings. The van der Waals surface area contributed by atoms with Gasteiger partial charge in [0.05, 0.1) is 0 Å². The number of piperidine rings is 1. The number of halogens is 1. The van der Waals surface area contributed by atoms with Gasteiger partial charge in [-0.25, -0.2) is 0 Å². The van der Waals surface area contributed by atoms with E-state index in [9.17, 15) is 4.79 Å².